The van der Waals surface area contributed by atoms with E-state index >= 15 is 0 Å². The lowest BCUT2D eigenvalue weighted by atomic mass is 9.98. The normalized spacial score (nSPS) is 19.0. The van der Waals surface area contributed by atoms with Gasteiger partial charge in [-0.2, -0.15) is 0 Å². The van der Waals surface area contributed by atoms with Gasteiger partial charge < -0.3 is 15.5 Å². The number of thiazole rings is 1. The van der Waals surface area contributed by atoms with Crippen LogP contribution in [-0.4, -0.2) is 37.8 Å². The number of fused-ring (bicyclic) bond motifs is 2. The summed E-state index contributed by atoms with van der Waals surface area (Å²) in [7, 11) is -3.63. The maximum atomic E-state index is 12.9. The van der Waals surface area contributed by atoms with Gasteiger partial charge in [0.2, 0.25) is 0 Å². The smallest absolute Gasteiger partial charge is 0.354 e. The van der Waals surface area contributed by atoms with Crippen molar-refractivity contribution < 1.29 is 24.0 Å². The molecule has 1 unspecified atom stereocenters. The van der Waals surface area contributed by atoms with E-state index in [-0.39, 0.29) is 15.0 Å². The van der Waals surface area contributed by atoms with Crippen LogP contribution in [0.2, 0.25) is 0 Å². The van der Waals surface area contributed by atoms with Gasteiger partial charge in [0.25, 0.3) is 0 Å². The molecule has 0 bridgehead atoms. The van der Waals surface area contributed by atoms with Crippen LogP contribution in [0.4, 0.5) is 10.5 Å². The number of nitrogens with zero attached hydrogens (tertiary/aromatic N) is 2. The van der Waals surface area contributed by atoms with Crippen LogP contribution in [0.1, 0.15) is 51.8 Å². The largest absolute Gasteiger partial charge is 0.393 e. The van der Waals surface area contributed by atoms with Crippen LogP contribution in [0.15, 0.2) is 20.8 Å². The third-order valence-corrected chi connectivity index (χ3v) is 8.50. The van der Waals surface area contributed by atoms with E-state index in [2.05, 4.69) is 14.7 Å². The molecule has 2 aromatic rings. The van der Waals surface area contributed by atoms with Gasteiger partial charge in [0, 0.05) is 12.0 Å². The predicted molar refractivity (Wildman–Crippen MR) is 112 cm³/mol. The zero-order valence-electron chi connectivity index (χ0n) is 16.3. The van der Waals surface area contributed by atoms with Gasteiger partial charge in [-0.05, 0) is 49.3 Å². The van der Waals surface area contributed by atoms with Crippen LogP contribution in [0.5, 0.6) is 0 Å². The summed E-state index contributed by atoms with van der Waals surface area (Å²) in [6, 6.07) is 1.14. The Bertz CT molecular complexity index is 1180. The summed E-state index contributed by atoms with van der Waals surface area (Å²) in [5.41, 5.74) is 2.32. The first-order chi connectivity index (χ1) is 14.1. The van der Waals surface area contributed by atoms with Gasteiger partial charge >= 0.3 is 6.03 Å². The second-order valence-corrected chi connectivity index (χ2v) is 10.8. The average molecular weight is 451 g/mol. The van der Waals surface area contributed by atoms with E-state index in [0.29, 0.717) is 24.1 Å². The van der Waals surface area contributed by atoms with Crippen molar-refractivity contribution in [3.05, 3.63) is 39.5 Å². The number of rotatable bonds is 4. The third kappa shape index (κ3) is 3.67. The second kappa shape index (κ2) is 7.50. The summed E-state index contributed by atoms with van der Waals surface area (Å²) < 4.78 is 16.5. The molecule has 0 radical (unpaired) electrons. The van der Waals surface area contributed by atoms with Gasteiger partial charge in [-0.1, -0.05) is 6.07 Å². The van der Waals surface area contributed by atoms with Gasteiger partial charge in [-0.3, -0.25) is 4.79 Å². The lowest BCUT2D eigenvalue weighted by Crippen LogP contribution is -2.25. The summed E-state index contributed by atoms with van der Waals surface area (Å²) in [5.74, 6) is -0.0261. The minimum absolute atomic E-state index is 0.000899. The molecule has 4 rings (SSSR count). The average Bonchev–Trinajstić information content (AvgIpc) is 3.41. The number of hydrogen-bond donors (Lipinski definition) is 4. The van der Waals surface area contributed by atoms with Crippen molar-refractivity contribution in [2.45, 2.75) is 48.8 Å². The topological polar surface area (TPSA) is 155 Å². The highest BCUT2D eigenvalue weighted by atomic mass is 32.2. The Hall–Kier alpha value is -2.18. The number of aliphatic hydroxyl groups excluding tert-OH is 1. The fourth-order valence-corrected chi connectivity index (χ4v) is 5.94. The number of carbonyl (C=O) groups is 2. The van der Waals surface area contributed by atoms with Gasteiger partial charge in [0.15, 0.2) is 15.7 Å². The Labute approximate surface area is 177 Å². The molecule has 1 heterocycles. The van der Waals surface area contributed by atoms with Crippen LogP contribution in [-0.2, 0) is 34.8 Å². The van der Waals surface area contributed by atoms with Crippen LogP contribution in [0.25, 0.3) is 0 Å². The van der Waals surface area contributed by atoms with E-state index in [0.717, 1.165) is 47.3 Å². The molecule has 2 aliphatic rings. The number of hydrogen-bond acceptors (Lipinski definition) is 7. The van der Waals surface area contributed by atoms with Crippen LogP contribution >= 0.6 is 11.3 Å². The molecule has 1 aromatic heterocycles. The Morgan fingerprint density at radius 1 is 1.37 bits per heavy atom. The third-order valence-electron chi connectivity index (χ3n) is 5.37. The molecule has 2 aliphatic carbocycles. The highest BCUT2D eigenvalue weighted by molar-refractivity contribution is 7.93. The Morgan fingerprint density at radius 3 is 2.87 bits per heavy atom. The molecule has 0 spiro atoms. The van der Waals surface area contributed by atoms with E-state index in [9.17, 15) is 24.0 Å². The zero-order chi connectivity index (χ0) is 21.7. The molecule has 0 saturated heterocycles. The number of nitrogens with one attached hydrogen (secondary N) is 1. The van der Waals surface area contributed by atoms with E-state index in [1.807, 2.05) is 6.07 Å². The number of amides is 2. The molecule has 5 N–H and O–H groups in total. The summed E-state index contributed by atoms with van der Waals surface area (Å²) in [4.78, 5) is 28.9. The van der Waals surface area contributed by atoms with Crippen molar-refractivity contribution in [1.82, 2.24) is 4.98 Å². The Balaban J connectivity index is 1.67. The summed E-state index contributed by atoms with van der Waals surface area (Å²) in [6.07, 6.45) is 4.79. The summed E-state index contributed by atoms with van der Waals surface area (Å²) in [6.45, 7) is 0.771. The maximum Gasteiger partial charge on any atom is 0.354 e. The lowest BCUT2D eigenvalue weighted by Gasteiger charge is -2.16. The van der Waals surface area contributed by atoms with Gasteiger partial charge in [0.1, 0.15) is 14.8 Å². The fraction of sp³-hybridized carbons (Fsp3) is 0.421. The molecule has 0 saturated carbocycles. The Morgan fingerprint density at radius 2 is 2.13 bits per heavy atom. The quantitative estimate of drug-likeness (QED) is 0.557. The molecule has 11 heteroatoms. The van der Waals surface area contributed by atoms with E-state index in [1.165, 1.54) is 13.1 Å². The molecule has 0 fully saturated rings. The number of aryl methyl sites for hydroxylation is 2. The molecular formula is C19H22N4O5S2. The minimum atomic E-state index is -3.63. The number of anilines is 1. The van der Waals surface area contributed by atoms with Gasteiger partial charge in [0.05, 0.1) is 18.5 Å². The standard InChI is InChI=1S/C19H22N4O5S2/c1-19(27,9-24)17-21-8-14(29-17)30(20,28)23-18(26)22-16-12-4-2-3-10(12)7-11-5-6-13(25)15(11)16/h7-8,24,27H,2-6,9H2,1H3,(H3,20,22,23,26,28)/t19?,30-/m0/s1. The minimum Gasteiger partial charge on any atom is -0.393 e. The van der Waals surface area contributed by atoms with Crippen molar-refractivity contribution in [3.8, 4) is 0 Å². The molecular weight excluding hydrogens is 428 g/mol. The lowest BCUT2D eigenvalue weighted by molar-refractivity contribution is -0.00244. The first-order valence-electron chi connectivity index (χ1n) is 9.48. The number of ketones is 1. The van der Waals surface area contributed by atoms with Crippen molar-refractivity contribution in [3.63, 3.8) is 0 Å². The number of aromatic nitrogens is 1. The summed E-state index contributed by atoms with van der Waals surface area (Å²) >= 11 is 0.811. The Kier molecular flexibility index (Phi) is 5.27. The molecule has 0 aliphatic heterocycles. The predicted octanol–water partition coefficient (Wildman–Crippen LogP) is 1.89. The molecule has 9 nitrogen and oxygen atoms in total. The number of Topliss-reactive ketones (excluding diaryl/α,β-unsaturated/α-hetero) is 1. The number of carbonyl (C=O) groups excluding carboxylic acids is 2. The fourth-order valence-electron chi connectivity index (χ4n) is 3.84. The van der Waals surface area contributed by atoms with Crippen LogP contribution in [0, 0.1) is 0 Å². The van der Waals surface area contributed by atoms with E-state index in [4.69, 9.17) is 5.14 Å². The first kappa shape index (κ1) is 21.1. The van der Waals surface area contributed by atoms with Crippen LogP contribution in [0.3, 0.4) is 0 Å². The number of nitrogens with two attached hydrogens (primary N) is 1. The summed E-state index contributed by atoms with van der Waals surface area (Å²) in [5, 5.41) is 27.9. The highest BCUT2D eigenvalue weighted by Gasteiger charge is 2.30. The zero-order valence-corrected chi connectivity index (χ0v) is 17.9. The van der Waals surface area contributed by atoms with Crippen molar-refractivity contribution in [2.75, 3.05) is 11.9 Å². The second-order valence-electron chi connectivity index (χ2n) is 7.71. The molecule has 1 aromatic carbocycles. The molecule has 160 valence electrons. The first-order valence-corrected chi connectivity index (χ1v) is 11.9. The van der Waals surface area contributed by atoms with Crippen LogP contribution < -0.4 is 10.5 Å². The van der Waals surface area contributed by atoms with Crippen molar-refractivity contribution in [1.29, 1.82) is 0 Å². The molecule has 2 amide bonds. The van der Waals surface area contributed by atoms with E-state index < -0.39 is 28.2 Å². The van der Waals surface area contributed by atoms with Crippen molar-refractivity contribution in [2.24, 2.45) is 9.50 Å². The molecule has 30 heavy (non-hydrogen) atoms. The van der Waals surface area contributed by atoms with Crippen molar-refractivity contribution >= 4 is 38.8 Å². The number of aliphatic hydroxyl groups is 2. The number of urea groups is 1. The monoisotopic (exact) mass is 450 g/mol. The van der Waals surface area contributed by atoms with Gasteiger partial charge in [-0.25, -0.2) is 19.1 Å². The SMILES string of the molecule is CC(O)(CO)c1ncc([S@@](N)(=O)=NC(=O)Nc2c3c(cc4c2C(=O)CC4)CCC3)s1. The highest BCUT2D eigenvalue weighted by Crippen LogP contribution is 2.38. The van der Waals surface area contributed by atoms with E-state index in [1.54, 1.807) is 0 Å². The van der Waals surface area contributed by atoms with Gasteiger partial charge in [-0.15, -0.1) is 15.7 Å². The number of benzene rings is 1. The maximum absolute atomic E-state index is 12.9. The molecule has 2 atom stereocenters.